The first-order valence-corrected chi connectivity index (χ1v) is 12.1. The number of carboxylic acids is 1. The summed E-state index contributed by atoms with van der Waals surface area (Å²) < 4.78 is 9.57. The van der Waals surface area contributed by atoms with Crippen molar-refractivity contribution in [1.82, 2.24) is 24.9 Å². The van der Waals surface area contributed by atoms with Crippen LogP contribution in [0.3, 0.4) is 0 Å². The average molecular weight is 504 g/mol. The lowest BCUT2D eigenvalue weighted by molar-refractivity contribution is -0.134. The van der Waals surface area contributed by atoms with Crippen molar-refractivity contribution in [3.8, 4) is 0 Å². The quantitative estimate of drug-likeness (QED) is 0.313. The fourth-order valence-electron chi connectivity index (χ4n) is 4.05. The summed E-state index contributed by atoms with van der Waals surface area (Å²) in [4.78, 5) is 47.1. The number of likely N-dealkylation sites (tertiary alicyclic amines) is 1. The smallest absolute Gasteiger partial charge is 0.341 e. The van der Waals surface area contributed by atoms with Crippen LogP contribution in [0.1, 0.15) is 13.8 Å². The minimum atomic E-state index is -1.30. The van der Waals surface area contributed by atoms with E-state index in [0.29, 0.717) is 55.1 Å². The van der Waals surface area contributed by atoms with Gasteiger partial charge in [0.25, 0.3) is 0 Å². The maximum Gasteiger partial charge on any atom is 0.341 e. The Kier molecular flexibility index (Phi) is 7.08. The highest BCUT2D eigenvalue weighted by molar-refractivity contribution is 7.10. The largest absolute Gasteiger partial charge is 0.477 e. The Balaban J connectivity index is 1.54. The number of hydrogen-bond acceptors (Lipinski definition) is 11. The minimum Gasteiger partial charge on any atom is -0.477 e. The number of aliphatic carboxylic acids is 1. The number of nitrogens with one attached hydrogen (secondary N) is 2. The van der Waals surface area contributed by atoms with Crippen LogP contribution >= 0.6 is 11.5 Å². The predicted octanol–water partition coefficient (Wildman–Crippen LogP) is 0.133. The molecule has 1 aromatic rings. The van der Waals surface area contributed by atoms with Gasteiger partial charge in [0.1, 0.15) is 17.6 Å². The van der Waals surface area contributed by atoms with Gasteiger partial charge in [-0.2, -0.15) is 9.36 Å². The Bertz CT molecular complexity index is 1120. The Labute approximate surface area is 207 Å². The van der Waals surface area contributed by atoms with Crippen molar-refractivity contribution in [2.45, 2.75) is 20.0 Å². The fraction of sp³-hybridized carbons (Fsp3) is 0.500. The SMILES string of the molecule is CCOCCNC(=O)C1CN(C2=CC(C)=C3C(=O)C(C(=O)O)=CN(c4nc(N(C)C)ns4)C3N2)C1. The van der Waals surface area contributed by atoms with Gasteiger partial charge >= 0.3 is 5.97 Å². The lowest BCUT2D eigenvalue weighted by atomic mass is 9.90. The van der Waals surface area contributed by atoms with E-state index in [1.807, 2.05) is 32.0 Å². The van der Waals surface area contributed by atoms with Crippen molar-refractivity contribution in [2.24, 2.45) is 5.92 Å². The molecule has 0 bridgehead atoms. The number of fused-ring (bicyclic) bond motifs is 1. The van der Waals surface area contributed by atoms with Gasteiger partial charge in [-0.1, -0.05) is 0 Å². The third-order valence-electron chi connectivity index (χ3n) is 5.97. The van der Waals surface area contributed by atoms with Gasteiger partial charge in [0.15, 0.2) is 0 Å². The molecular formula is C22H29N7O5S. The van der Waals surface area contributed by atoms with Gasteiger partial charge in [-0.05, 0) is 25.5 Å². The van der Waals surface area contributed by atoms with Crippen LogP contribution in [-0.4, -0.2) is 90.1 Å². The number of Topliss-reactive ketones (excluding diaryl/α,β-unsaturated/α-hetero) is 1. The number of carbonyl (C=O) groups excluding carboxylic acids is 2. The molecule has 0 aliphatic carbocycles. The molecule has 1 amide bonds. The lowest BCUT2D eigenvalue weighted by Gasteiger charge is -2.46. The molecule has 4 heterocycles. The molecule has 0 aromatic carbocycles. The summed E-state index contributed by atoms with van der Waals surface area (Å²) in [5.74, 6) is -0.741. The van der Waals surface area contributed by atoms with Gasteiger partial charge in [0.2, 0.25) is 22.8 Å². The zero-order valence-corrected chi connectivity index (χ0v) is 20.9. The van der Waals surface area contributed by atoms with Crippen molar-refractivity contribution < 1.29 is 24.2 Å². The van der Waals surface area contributed by atoms with Crippen LogP contribution in [0.25, 0.3) is 0 Å². The summed E-state index contributed by atoms with van der Waals surface area (Å²) in [6, 6.07) is 0. The van der Waals surface area contributed by atoms with Crippen molar-refractivity contribution in [1.29, 1.82) is 0 Å². The van der Waals surface area contributed by atoms with E-state index < -0.39 is 17.9 Å². The number of carboxylic acid groups (broad SMARTS) is 1. The van der Waals surface area contributed by atoms with Crippen molar-refractivity contribution >= 4 is 40.3 Å². The van der Waals surface area contributed by atoms with Crippen LogP contribution in [0.2, 0.25) is 0 Å². The Hall–Kier alpha value is -3.45. The molecule has 3 N–H and O–H groups in total. The summed E-state index contributed by atoms with van der Waals surface area (Å²) in [5, 5.41) is 16.3. The van der Waals surface area contributed by atoms with Crippen molar-refractivity contribution in [3.05, 3.63) is 34.8 Å². The molecule has 4 rings (SSSR count). The first-order chi connectivity index (χ1) is 16.7. The number of nitrogens with zero attached hydrogens (tertiary/aromatic N) is 5. The second kappa shape index (κ2) is 10.0. The number of anilines is 2. The molecule has 0 saturated carbocycles. The third-order valence-corrected chi connectivity index (χ3v) is 6.69. The predicted molar refractivity (Wildman–Crippen MR) is 130 cm³/mol. The van der Waals surface area contributed by atoms with Crippen molar-refractivity contribution in [3.63, 3.8) is 0 Å². The third kappa shape index (κ3) is 4.86. The van der Waals surface area contributed by atoms with E-state index in [1.165, 1.54) is 6.20 Å². The fourth-order valence-corrected chi connectivity index (χ4v) is 4.80. The highest BCUT2D eigenvalue weighted by atomic mass is 32.1. The van der Waals surface area contributed by atoms with Gasteiger partial charge in [-0.3, -0.25) is 14.5 Å². The highest BCUT2D eigenvalue weighted by Crippen LogP contribution is 2.35. The van der Waals surface area contributed by atoms with Gasteiger partial charge in [0, 0.05) is 63.6 Å². The highest BCUT2D eigenvalue weighted by Gasteiger charge is 2.43. The molecule has 12 nitrogen and oxygen atoms in total. The second-order valence-corrected chi connectivity index (χ2v) is 9.35. The molecule has 1 saturated heterocycles. The van der Waals surface area contributed by atoms with E-state index in [-0.39, 0.29) is 17.4 Å². The lowest BCUT2D eigenvalue weighted by Crippen LogP contribution is -2.59. The molecule has 13 heteroatoms. The van der Waals surface area contributed by atoms with Crippen LogP contribution < -0.4 is 20.4 Å². The van der Waals surface area contributed by atoms with Crippen LogP contribution in [0, 0.1) is 5.92 Å². The monoisotopic (exact) mass is 503 g/mol. The normalized spacial score (nSPS) is 20.0. The van der Waals surface area contributed by atoms with Gasteiger partial charge < -0.3 is 30.3 Å². The number of ether oxygens (including phenoxy) is 1. The molecule has 1 atom stereocenters. The van der Waals surface area contributed by atoms with Crippen LogP contribution in [0.5, 0.6) is 0 Å². The summed E-state index contributed by atoms with van der Waals surface area (Å²) in [7, 11) is 3.62. The van der Waals surface area contributed by atoms with Gasteiger partial charge in [-0.25, -0.2) is 4.79 Å². The Morgan fingerprint density at radius 1 is 1.37 bits per heavy atom. The van der Waals surface area contributed by atoms with E-state index in [2.05, 4.69) is 20.0 Å². The molecule has 1 fully saturated rings. The number of aromatic nitrogens is 2. The molecule has 1 aromatic heterocycles. The number of carbonyl (C=O) groups is 3. The van der Waals surface area contributed by atoms with Crippen LogP contribution in [0.4, 0.5) is 11.1 Å². The summed E-state index contributed by atoms with van der Waals surface area (Å²) >= 11 is 1.12. The molecule has 3 aliphatic heterocycles. The van der Waals surface area contributed by atoms with E-state index in [9.17, 15) is 19.5 Å². The number of hydrogen-bond donors (Lipinski definition) is 3. The number of allylic oxidation sites excluding steroid dienone is 2. The minimum absolute atomic E-state index is 0.0149. The van der Waals surface area contributed by atoms with E-state index in [0.717, 1.165) is 17.4 Å². The maximum absolute atomic E-state index is 13.0. The molecule has 0 spiro atoms. The number of dihydropyridines is 1. The Morgan fingerprint density at radius 3 is 2.74 bits per heavy atom. The molecule has 188 valence electrons. The van der Waals surface area contributed by atoms with E-state index in [1.54, 1.807) is 16.7 Å². The summed E-state index contributed by atoms with van der Waals surface area (Å²) in [6.07, 6.45) is 2.49. The number of ketones is 1. The topological polar surface area (TPSA) is 140 Å². The van der Waals surface area contributed by atoms with E-state index >= 15 is 0 Å². The van der Waals surface area contributed by atoms with Crippen molar-refractivity contribution in [2.75, 3.05) is 56.7 Å². The molecule has 35 heavy (non-hydrogen) atoms. The maximum atomic E-state index is 13.0. The van der Waals surface area contributed by atoms with Gasteiger partial charge in [0.05, 0.1) is 12.5 Å². The van der Waals surface area contributed by atoms with Crippen LogP contribution in [0.15, 0.2) is 34.8 Å². The number of rotatable bonds is 9. The molecule has 1 unspecified atom stereocenters. The zero-order valence-electron chi connectivity index (χ0n) is 20.1. The van der Waals surface area contributed by atoms with Crippen LogP contribution in [-0.2, 0) is 19.1 Å². The molecule has 3 aliphatic rings. The van der Waals surface area contributed by atoms with Gasteiger partial charge in [-0.15, -0.1) is 0 Å². The first-order valence-electron chi connectivity index (χ1n) is 11.3. The first kappa shape index (κ1) is 24.7. The average Bonchev–Trinajstić information content (AvgIpc) is 3.26. The standard InChI is InChI=1S/C22H29N7O5S/c1-5-34-7-6-23-19(31)13-9-28(10-13)15-8-12(2)16-17(30)14(20(32)33)11-29(18(16)24-15)22-25-21(26-35-22)27(3)4/h8,11,13,18,24H,5-7,9-10H2,1-4H3,(H,23,31)(H,32,33). The summed E-state index contributed by atoms with van der Waals surface area (Å²) in [5.41, 5.74) is 0.678. The van der Waals surface area contributed by atoms with E-state index in [4.69, 9.17) is 4.74 Å². The number of amides is 1. The second-order valence-electron chi connectivity index (χ2n) is 8.62. The molecule has 0 radical (unpaired) electrons. The zero-order chi connectivity index (χ0) is 25.3. The Morgan fingerprint density at radius 2 is 2.11 bits per heavy atom. The molecular weight excluding hydrogens is 474 g/mol. The summed E-state index contributed by atoms with van der Waals surface area (Å²) in [6.45, 7) is 6.32.